The van der Waals surface area contributed by atoms with Crippen LogP contribution in [0.1, 0.15) is 22.6 Å². The summed E-state index contributed by atoms with van der Waals surface area (Å²) in [7, 11) is 0. The van der Waals surface area contributed by atoms with Gasteiger partial charge in [0.05, 0.1) is 25.5 Å². The second kappa shape index (κ2) is 7.13. The van der Waals surface area contributed by atoms with Gasteiger partial charge in [-0.2, -0.15) is 0 Å². The lowest BCUT2D eigenvalue weighted by molar-refractivity contribution is -0.00306. The summed E-state index contributed by atoms with van der Waals surface area (Å²) in [6.07, 6.45) is 5.80. The molecule has 1 aliphatic rings. The van der Waals surface area contributed by atoms with Crippen LogP contribution < -0.4 is 10.1 Å². The predicted octanol–water partition coefficient (Wildman–Crippen LogP) is 2.00. The Morgan fingerprint density at radius 2 is 2.27 bits per heavy atom. The third-order valence-electron chi connectivity index (χ3n) is 4.38. The fourth-order valence-electron chi connectivity index (χ4n) is 2.98. The highest BCUT2D eigenvalue weighted by atomic mass is 16.5. The van der Waals surface area contributed by atoms with Crippen LogP contribution in [0, 0.1) is 6.92 Å². The summed E-state index contributed by atoms with van der Waals surface area (Å²) in [5, 5.41) is 2.99. The highest BCUT2D eigenvalue weighted by Gasteiger charge is 2.30. The van der Waals surface area contributed by atoms with Crippen LogP contribution in [0.4, 0.5) is 0 Å². The average molecular weight is 352 g/mol. The number of nitrogens with zero attached hydrogens (tertiary/aromatic N) is 3. The summed E-state index contributed by atoms with van der Waals surface area (Å²) < 4.78 is 13.4. The minimum absolute atomic E-state index is 0.172. The Balaban J connectivity index is 1.47. The molecule has 0 bridgehead atoms. The number of aryl methyl sites for hydroxylation is 1. The van der Waals surface area contributed by atoms with Crippen molar-refractivity contribution >= 4 is 11.6 Å². The van der Waals surface area contributed by atoms with Crippen LogP contribution >= 0.6 is 0 Å². The van der Waals surface area contributed by atoms with E-state index in [2.05, 4.69) is 15.3 Å². The quantitative estimate of drug-likeness (QED) is 0.777. The zero-order chi connectivity index (χ0) is 17.9. The number of hydrogen-bond donors (Lipinski definition) is 1. The molecule has 4 rings (SSSR count). The van der Waals surface area contributed by atoms with Gasteiger partial charge in [-0.15, -0.1) is 0 Å². The van der Waals surface area contributed by atoms with Gasteiger partial charge in [0.2, 0.25) is 0 Å². The highest BCUT2D eigenvalue weighted by molar-refractivity contribution is 5.93. The van der Waals surface area contributed by atoms with Crippen LogP contribution in [0.25, 0.3) is 5.65 Å². The number of aromatic nitrogens is 3. The first-order chi connectivity index (χ1) is 12.7. The summed E-state index contributed by atoms with van der Waals surface area (Å²) >= 11 is 0. The van der Waals surface area contributed by atoms with Gasteiger partial charge < -0.3 is 19.2 Å². The monoisotopic (exact) mass is 352 g/mol. The zero-order valence-electron chi connectivity index (χ0n) is 14.5. The molecule has 0 saturated carbocycles. The predicted molar refractivity (Wildman–Crippen MR) is 95.3 cm³/mol. The SMILES string of the molecule is Cc1ccc(O[C@H]2CCOC[C@H]2NC(=O)c2cn3ccccc3n2)cn1. The summed E-state index contributed by atoms with van der Waals surface area (Å²) in [5.41, 5.74) is 2.04. The number of amides is 1. The van der Waals surface area contributed by atoms with Gasteiger partial charge in [-0.3, -0.25) is 9.78 Å². The minimum atomic E-state index is -0.248. The number of fused-ring (bicyclic) bond motifs is 1. The lowest BCUT2D eigenvalue weighted by Gasteiger charge is -2.32. The molecule has 2 atom stereocenters. The van der Waals surface area contributed by atoms with Gasteiger partial charge in [0.25, 0.3) is 5.91 Å². The van der Waals surface area contributed by atoms with Crippen molar-refractivity contribution in [3.8, 4) is 5.75 Å². The van der Waals surface area contributed by atoms with Crippen LogP contribution in [0.3, 0.4) is 0 Å². The van der Waals surface area contributed by atoms with Gasteiger partial charge in [0.1, 0.15) is 23.2 Å². The summed E-state index contributed by atoms with van der Waals surface area (Å²) in [4.78, 5) is 21.2. The molecule has 1 saturated heterocycles. The lowest BCUT2D eigenvalue weighted by atomic mass is 10.1. The number of imidazole rings is 1. The minimum Gasteiger partial charge on any atom is -0.486 e. The molecule has 26 heavy (non-hydrogen) atoms. The molecule has 1 aliphatic heterocycles. The molecule has 0 aromatic carbocycles. The Morgan fingerprint density at radius 3 is 3.08 bits per heavy atom. The average Bonchev–Trinajstić information content (AvgIpc) is 3.09. The number of carbonyl (C=O) groups excluding carboxylic acids is 1. The van der Waals surface area contributed by atoms with Crippen molar-refractivity contribution in [2.45, 2.75) is 25.5 Å². The third kappa shape index (κ3) is 3.52. The summed E-state index contributed by atoms with van der Waals surface area (Å²) in [5.74, 6) is 0.453. The Bertz CT molecular complexity index is 874. The number of nitrogens with one attached hydrogen (secondary N) is 1. The molecule has 0 aliphatic carbocycles. The van der Waals surface area contributed by atoms with E-state index in [9.17, 15) is 4.79 Å². The van der Waals surface area contributed by atoms with E-state index in [1.807, 2.05) is 47.9 Å². The molecule has 7 heteroatoms. The zero-order valence-corrected chi connectivity index (χ0v) is 14.5. The molecule has 0 spiro atoms. The largest absolute Gasteiger partial charge is 0.486 e. The second-order valence-corrected chi connectivity index (χ2v) is 6.33. The molecule has 1 fully saturated rings. The van der Waals surface area contributed by atoms with Crippen molar-refractivity contribution in [3.63, 3.8) is 0 Å². The molecule has 0 radical (unpaired) electrons. The van der Waals surface area contributed by atoms with Gasteiger partial charge in [0.15, 0.2) is 0 Å². The molecule has 1 amide bonds. The smallest absolute Gasteiger partial charge is 0.271 e. The third-order valence-corrected chi connectivity index (χ3v) is 4.38. The first-order valence-corrected chi connectivity index (χ1v) is 8.61. The Kier molecular flexibility index (Phi) is 4.53. The normalized spacial score (nSPS) is 20.0. The standard InChI is InChI=1S/C19H20N4O3/c1-13-5-6-14(10-20-13)26-17-7-9-25-12-16(17)22-19(24)15-11-23-8-3-2-4-18(23)21-15/h2-6,8,10-11,16-17H,7,9,12H2,1H3,(H,22,24)/t16-,17+/m1/s1. The summed E-state index contributed by atoms with van der Waals surface area (Å²) in [6.45, 7) is 2.93. The first kappa shape index (κ1) is 16.5. The van der Waals surface area contributed by atoms with Crippen LogP contribution in [0.5, 0.6) is 5.75 Å². The van der Waals surface area contributed by atoms with E-state index in [1.54, 1.807) is 12.4 Å². The van der Waals surface area contributed by atoms with Gasteiger partial charge in [-0.05, 0) is 31.2 Å². The van der Waals surface area contributed by atoms with Crippen LogP contribution in [-0.4, -0.2) is 45.6 Å². The Hall–Kier alpha value is -2.93. The summed E-state index contributed by atoms with van der Waals surface area (Å²) in [6, 6.07) is 9.18. The van der Waals surface area contributed by atoms with E-state index >= 15 is 0 Å². The molecular weight excluding hydrogens is 332 g/mol. The maximum Gasteiger partial charge on any atom is 0.271 e. The molecule has 3 aromatic heterocycles. The van der Waals surface area contributed by atoms with E-state index in [0.717, 1.165) is 11.3 Å². The molecule has 3 aromatic rings. The van der Waals surface area contributed by atoms with Gasteiger partial charge >= 0.3 is 0 Å². The topological polar surface area (TPSA) is 77.8 Å². The first-order valence-electron chi connectivity index (χ1n) is 8.61. The fraction of sp³-hybridized carbons (Fsp3) is 0.316. The molecule has 1 N–H and O–H groups in total. The maximum atomic E-state index is 12.6. The van der Waals surface area contributed by atoms with Crippen molar-refractivity contribution < 1.29 is 14.3 Å². The molecule has 0 unspecified atom stereocenters. The van der Waals surface area contributed by atoms with Crippen molar-refractivity contribution in [1.82, 2.24) is 19.7 Å². The van der Waals surface area contributed by atoms with E-state index < -0.39 is 0 Å². The van der Waals surface area contributed by atoms with Crippen molar-refractivity contribution in [1.29, 1.82) is 0 Å². The van der Waals surface area contributed by atoms with Crippen LogP contribution in [0.2, 0.25) is 0 Å². The number of ether oxygens (including phenoxy) is 2. The second-order valence-electron chi connectivity index (χ2n) is 6.33. The van der Waals surface area contributed by atoms with E-state index in [1.165, 1.54) is 0 Å². The van der Waals surface area contributed by atoms with E-state index in [4.69, 9.17) is 9.47 Å². The van der Waals surface area contributed by atoms with E-state index in [0.29, 0.717) is 31.1 Å². The van der Waals surface area contributed by atoms with Gasteiger partial charge in [-0.1, -0.05) is 6.07 Å². The fourth-order valence-corrected chi connectivity index (χ4v) is 2.98. The van der Waals surface area contributed by atoms with Crippen molar-refractivity contribution in [3.05, 3.63) is 60.3 Å². The van der Waals surface area contributed by atoms with E-state index in [-0.39, 0.29) is 18.1 Å². The maximum absolute atomic E-state index is 12.6. The molecule has 4 heterocycles. The number of pyridine rings is 2. The number of rotatable bonds is 4. The Morgan fingerprint density at radius 1 is 1.35 bits per heavy atom. The molecule has 134 valence electrons. The van der Waals surface area contributed by atoms with Crippen molar-refractivity contribution in [2.24, 2.45) is 0 Å². The number of hydrogen-bond acceptors (Lipinski definition) is 5. The van der Waals surface area contributed by atoms with Gasteiger partial charge in [0, 0.05) is 24.5 Å². The number of carbonyl (C=O) groups is 1. The molecular formula is C19H20N4O3. The van der Waals surface area contributed by atoms with Crippen molar-refractivity contribution in [2.75, 3.05) is 13.2 Å². The van der Waals surface area contributed by atoms with Crippen LogP contribution in [-0.2, 0) is 4.74 Å². The Labute approximate surface area is 151 Å². The highest BCUT2D eigenvalue weighted by Crippen LogP contribution is 2.18. The van der Waals surface area contributed by atoms with Gasteiger partial charge in [-0.25, -0.2) is 4.98 Å². The van der Waals surface area contributed by atoms with Crippen LogP contribution in [0.15, 0.2) is 48.9 Å². The lowest BCUT2D eigenvalue weighted by Crippen LogP contribution is -2.51. The molecule has 7 nitrogen and oxygen atoms in total.